The fourth-order valence-corrected chi connectivity index (χ4v) is 3.56. The predicted octanol–water partition coefficient (Wildman–Crippen LogP) is 4.23. The molecule has 0 unspecified atom stereocenters. The second-order valence-corrected chi connectivity index (χ2v) is 6.80. The molecule has 0 radical (unpaired) electrons. The Hall–Kier alpha value is -4.57. The zero-order valence-corrected chi connectivity index (χ0v) is 15.6. The lowest BCUT2D eigenvalue weighted by Crippen LogP contribution is -1.86. The number of nitrogens with zero attached hydrogens (tertiary/aromatic N) is 5. The lowest BCUT2D eigenvalue weighted by Gasteiger charge is -2.00. The summed E-state index contributed by atoms with van der Waals surface area (Å²) >= 11 is 0. The van der Waals surface area contributed by atoms with Crippen LogP contribution < -0.4 is 0 Å². The smallest absolute Gasteiger partial charge is 0.135 e. The summed E-state index contributed by atoms with van der Waals surface area (Å²) in [6.45, 7) is 0. The van der Waals surface area contributed by atoms with Gasteiger partial charge in [-0.25, -0.2) is 9.97 Å². The molecule has 0 aromatic carbocycles. The summed E-state index contributed by atoms with van der Waals surface area (Å²) in [5.41, 5.74) is 7.53. The summed E-state index contributed by atoms with van der Waals surface area (Å²) in [4.78, 5) is 21.3. The lowest BCUT2D eigenvalue weighted by atomic mass is 10.1. The van der Waals surface area contributed by atoms with Gasteiger partial charge in [0.25, 0.3) is 0 Å². The van der Waals surface area contributed by atoms with Gasteiger partial charge in [-0.15, -0.1) is 0 Å². The molecule has 140 valence electrons. The molecular weight excluding hydrogens is 374 g/mol. The Morgan fingerprint density at radius 1 is 0.867 bits per heavy atom. The van der Waals surface area contributed by atoms with Gasteiger partial charge in [0.1, 0.15) is 11.2 Å². The van der Waals surface area contributed by atoms with Gasteiger partial charge in [0.15, 0.2) is 0 Å². The van der Waals surface area contributed by atoms with Crippen molar-refractivity contribution in [3.63, 3.8) is 0 Å². The van der Waals surface area contributed by atoms with Crippen LogP contribution in [-0.2, 0) is 0 Å². The SMILES string of the molecule is c1cc(-c2ccc3[nH]nc(-c4cc5c(-c6ccccn6)nccc5[nH]4)c3n2)cnc#1. The maximum Gasteiger partial charge on any atom is 0.135 e. The lowest BCUT2D eigenvalue weighted by molar-refractivity contribution is 1.12. The minimum absolute atomic E-state index is 0.745. The average molecular weight is 387 g/mol. The molecule has 0 spiro atoms. The third-order valence-electron chi connectivity index (χ3n) is 4.97. The molecule has 0 saturated carbocycles. The van der Waals surface area contributed by atoms with E-state index in [0.29, 0.717) is 0 Å². The van der Waals surface area contributed by atoms with Crippen LogP contribution in [0.2, 0.25) is 0 Å². The normalized spacial score (nSPS) is 11.1. The number of hydrogen-bond donors (Lipinski definition) is 2. The quantitative estimate of drug-likeness (QED) is 0.474. The molecule has 0 aliphatic rings. The van der Waals surface area contributed by atoms with Gasteiger partial charge < -0.3 is 4.98 Å². The topological polar surface area (TPSA) is 96.0 Å². The van der Waals surface area contributed by atoms with Crippen molar-refractivity contribution < 1.29 is 0 Å². The highest BCUT2D eigenvalue weighted by atomic mass is 15.1. The summed E-state index contributed by atoms with van der Waals surface area (Å²) < 4.78 is 0. The standard InChI is InChI=1S/C23H13N7/c1-2-10-25-18(5-1)21-15-12-20(27-17(15)8-11-26-21)23-22-19(29-30-23)7-6-16(28-22)14-4-3-9-24-13-14/h1-2,4-8,10-13,27H,(H,29,30). The largest absolute Gasteiger partial charge is 0.353 e. The number of fused-ring (bicyclic) bond motifs is 2. The van der Waals surface area contributed by atoms with E-state index in [1.54, 1.807) is 18.6 Å². The second kappa shape index (κ2) is 6.50. The van der Waals surface area contributed by atoms with E-state index in [1.807, 2.05) is 48.5 Å². The zero-order valence-electron chi connectivity index (χ0n) is 15.6. The van der Waals surface area contributed by atoms with Crippen molar-refractivity contribution in [1.29, 1.82) is 0 Å². The van der Waals surface area contributed by atoms with Gasteiger partial charge in [-0.3, -0.25) is 15.1 Å². The van der Waals surface area contributed by atoms with E-state index in [0.717, 1.165) is 56.0 Å². The molecule has 0 amide bonds. The van der Waals surface area contributed by atoms with Crippen LogP contribution in [0.25, 0.3) is 56.0 Å². The monoisotopic (exact) mass is 387 g/mol. The Morgan fingerprint density at radius 2 is 1.87 bits per heavy atom. The first kappa shape index (κ1) is 16.4. The van der Waals surface area contributed by atoms with Crippen molar-refractivity contribution in [1.82, 2.24) is 35.1 Å². The number of aromatic nitrogens is 7. The van der Waals surface area contributed by atoms with E-state index in [-0.39, 0.29) is 0 Å². The number of aromatic amines is 2. The molecule has 6 rings (SSSR count). The third kappa shape index (κ3) is 2.59. The molecule has 6 aromatic rings. The second-order valence-electron chi connectivity index (χ2n) is 6.80. The van der Waals surface area contributed by atoms with Gasteiger partial charge in [0, 0.05) is 47.3 Å². The summed E-state index contributed by atoms with van der Waals surface area (Å²) in [5, 5.41) is 8.56. The van der Waals surface area contributed by atoms with Gasteiger partial charge in [0.2, 0.25) is 0 Å². The molecule has 0 aliphatic heterocycles. The molecule has 6 heterocycles. The van der Waals surface area contributed by atoms with Crippen LogP contribution >= 0.6 is 0 Å². The van der Waals surface area contributed by atoms with Crippen molar-refractivity contribution in [2.75, 3.05) is 0 Å². The van der Waals surface area contributed by atoms with Gasteiger partial charge in [-0.1, -0.05) is 6.07 Å². The van der Waals surface area contributed by atoms with Crippen LogP contribution in [0.15, 0.2) is 67.1 Å². The molecule has 6 aromatic heterocycles. The van der Waals surface area contributed by atoms with Crippen LogP contribution in [0.5, 0.6) is 0 Å². The molecular formula is C23H13N7. The molecule has 0 bridgehead atoms. The Bertz CT molecular complexity index is 1480. The van der Waals surface area contributed by atoms with Crippen molar-refractivity contribution >= 4 is 21.9 Å². The molecule has 0 atom stereocenters. The predicted molar refractivity (Wildman–Crippen MR) is 113 cm³/mol. The minimum Gasteiger partial charge on any atom is -0.353 e. The minimum atomic E-state index is 0.745. The number of H-pyrrole nitrogens is 2. The number of rotatable bonds is 3. The van der Waals surface area contributed by atoms with Crippen molar-refractivity contribution in [3.8, 4) is 34.0 Å². The highest BCUT2D eigenvalue weighted by Crippen LogP contribution is 2.32. The molecule has 0 fully saturated rings. The van der Waals surface area contributed by atoms with E-state index < -0.39 is 0 Å². The Morgan fingerprint density at radius 3 is 2.73 bits per heavy atom. The van der Waals surface area contributed by atoms with Crippen LogP contribution in [-0.4, -0.2) is 35.1 Å². The van der Waals surface area contributed by atoms with Crippen molar-refractivity contribution in [2.45, 2.75) is 0 Å². The van der Waals surface area contributed by atoms with Crippen LogP contribution in [0.4, 0.5) is 0 Å². The van der Waals surface area contributed by atoms with Gasteiger partial charge in [-0.2, -0.15) is 5.10 Å². The highest BCUT2D eigenvalue weighted by molar-refractivity contribution is 5.98. The fraction of sp³-hybridized carbons (Fsp3) is 0. The van der Waals surface area contributed by atoms with Gasteiger partial charge >= 0.3 is 0 Å². The van der Waals surface area contributed by atoms with Crippen molar-refractivity contribution in [3.05, 3.63) is 79.4 Å². The Kier molecular flexibility index (Phi) is 3.55. The Balaban J connectivity index is 1.52. The van der Waals surface area contributed by atoms with Gasteiger partial charge in [0.05, 0.1) is 28.3 Å². The summed E-state index contributed by atoms with van der Waals surface area (Å²) in [7, 11) is 0. The van der Waals surface area contributed by atoms with Gasteiger partial charge in [-0.05, 0) is 42.5 Å². The maximum atomic E-state index is 4.82. The van der Waals surface area contributed by atoms with E-state index in [9.17, 15) is 0 Å². The van der Waals surface area contributed by atoms with Crippen LogP contribution in [0, 0.1) is 12.3 Å². The summed E-state index contributed by atoms with van der Waals surface area (Å²) in [5.74, 6) is 0. The first-order valence-electron chi connectivity index (χ1n) is 9.35. The summed E-state index contributed by atoms with van der Waals surface area (Å²) in [6.07, 6.45) is 7.94. The molecule has 2 N–H and O–H groups in total. The molecule has 7 nitrogen and oxygen atoms in total. The number of hydrogen-bond acceptors (Lipinski definition) is 5. The first-order valence-corrected chi connectivity index (χ1v) is 9.35. The van der Waals surface area contributed by atoms with E-state index >= 15 is 0 Å². The van der Waals surface area contributed by atoms with Crippen molar-refractivity contribution in [2.24, 2.45) is 0 Å². The highest BCUT2D eigenvalue weighted by Gasteiger charge is 2.16. The molecule has 30 heavy (non-hydrogen) atoms. The Labute approximate surface area is 170 Å². The molecule has 0 saturated heterocycles. The van der Waals surface area contributed by atoms with E-state index in [2.05, 4.69) is 42.4 Å². The van der Waals surface area contributed by atoms with E-state index in [1.165, 1.54) is 0 Å². The third-order valence-corrected chi connectivity index (χ3v) is 4.97. The fourth-order valence-electron chi connectivity index (χ4n) is 3.56. The average Bonchev–Trinajstić information content (AvgIpc) is 3.43. The zero-order chi connectivity index (χ0) is 19.9. The maximum absolute atomic E-state index is 4.82. The van der Waals surface area contributed by atoms with E-state index in [4.69, 9.17) is 4.98 Å². The molecule has 0 aliphatic carbocycles. The summed E-state index contributed by atoms with van der Waals surface area (Å²) in [6, 6.07) is 18.4. The first-order chi connectivity index (χ1) is 14.9. The number of pyridine rings is 3. The van der Waals surface area contributed by atoms with Crippen LogP contribution in [0.1, 0.15) is 0 Å². The number of nitrogens with one attached hydrogen (secondary N) is 2. The van der Waals surface area contributed by atoms with Crippen LogP contribution in [0.3, 0.4) is 0 Å². The molecule has 7 heteroatoms.